The normalized spacial score (nSPS) is 10.0. The molecule has 1 radical (unpaired) electrons. The molecule has 0 aliphatic heterocycles. The minimum absolute atomic E-state index is 0.00608. The SMILES string of the molecule is CCCCCNCC[O]. The average molecular weight is 130 g/mol. The Morgan fingerprint density at radius 2 is 2.00 bits per heavy atom. The van der Waals surface area contributed by atoms with Gasteiger partial charge in [-0.05, 0) is 13.0 Å². The molecule has 0 aromatic carbocycles. The van der Waals surface area contributed by atoms with E-state index in [0.717, 1.165) is 6.54 Å². The molecular formula is C7H16NO. The Morgan fingerprint density at radius 1 is 1.22 bits per heavy atom. The van der Waals surface area contributed by atoms with E-state index in [1.165, 1.54) is 19.3 Å². The van der Waals surface area contributed by atoms with Gasteiger partial charge in [0.05, 0.1) is 6.61 Å². The van der Waals surface area contributed by atoms with E-state index in [2.05, 4.69) is 12.2 Å². The van der Waals surface area contributed by atoms with Crippen LogP contribution in [0.2, 0.25) is 0 Å². The molecule has 0 aliphatic carbocycles. The smallest absolute Gasteiger partial charge is 0.0946 e. The molecule has 0 heterocycles. The number of nitrogens with one attached hydrogen (secondary N) is 1. The fourth-order valence-corrected chi connectivity index (χ4v) is 0.697. The summed E-state index contributed by atoms with van der Waals surface area (Å²) in [6.07, 6.45) is 3.72. The third-order valence-corrected chi connectivity index (χ3v) is 1.24. The molecule has 0 bridgehead atoms. The summed E-state index contributed by atoms with van der Waals surface area (Å²) in [6, 6.07) is 0. The molecule has 55 valence electrons. The molecular weight excluding hydrogens is 114 g/mol. The van der Waals surface area contributed by atoms with E-state index in [9.17, 15) is 5.11 Å². The number of rotatable bonds is 6. The summed E-state index contributed by atoms with van der Waals surface area (Å²) >= 11 is 0. The van der Waals surface area contributed by atoms with E-state index in [0.29, 0.717) is 6.54 Å². The first kappa shape index (κ1) is 8.92. The minimum Gasteiger partial charge on any atom is -0.314 e. The number of hydrogen-bond donors (Lipinski definition) is 1. The Hall–Kier alpha value is -0.0800. The molecule has 9 heavy (non-hydrogen) atoms. The summed E-state index contributed by atoms with van der Waals surface area (Å²) < 4.78 is 0. The summed E-state index contributed by atoms with van der Waals surface area (Å²) in [5.41, 5.74) is 0. The number of unbranched alkanes of at least 4 members (excludes halogenated alkanes) is 2. The molecule has 0 spiro atoms. The lowest BCUT2D eigenvalue weighted by Gasteiger charge is -1.98. The predicted octanol–water partition coefficient (Wildman–Crippen LogP) is 1.20. The van der Waals surface area contributed by atoms with Crippen LogP contribution in [0.15, 0.2) is 0 Å². The highest BCUT2D eigenvalue weighted by molar-refractivity contribution is 4.45. The van der Waals surface area contributed by atoms with Gasteiger partial charge in [0.15, 0.2) is 0 Å². The topological polar surface area (TPSA) is 31.9 Å². The van der Waals surface area contributed by atoms with Crippen molar-refractivity contribution in [2.75, 3.05) is 19.7 Å². The van der Waals surface area contributed by atoms with Crippen molar-refractivity contribution in [2.45, 2.75) is 26.2 Å². The van der Waals surface area contributed by atoms with Gasteiger partial charge in [-0.25, -0.2) is 5.11 Å². The Balaban J connectivity index is 2.60. The Morgan fingerprint density at radius 3 is 2.56 bits per heavy atom. The molecule has 1 N–H and O–H groups in total. The van der Waals surface area contributed by atoms with E-state index < -0.39 is 0 Å². The second kappa shape index (κ2) is 7.92. The van der Waals surface area contributed by atoms with Crippen LogP contribution >= 0.6 is 0 Å². The summed E-state index contributed by atoms with van der Waals surface area (Å²) in [7, 11) is 0. The summed E-state index contributed by atoms with van der Waals surface area (Å²) in [6.45, 7) is 3.82. The third kappa shape index (κ3) is 7.92. The van der Waals surface area contributed by atoms with Gasteiger partial charge in [0.2, 0.25) is 0 Å². The Kier molecular flexibility index (Phi) is 7.85. The summed E-state index contributed by atoms with van der Waals surface area (Å²) in [5, 5.41) is 13.0. The van der Waals surface area contributed by atoms with E-state index in [1.54, 1.807) is 0 Å². The van der Waals surface area contributed by atoms with E-state index in [1.807, 2.05) is 0 Å². The molecule has 0 atom stereocenters. The standard InChI is InChI=1S/C7H16NO/c1-2-3-4-5-8-6-7-9/h8H,2-7H2,1H3. The van der Waals surface area contributed by atoms with Crippen molar-refractivity contribution in [3.63, 3.8) is 0 Å². The van der Waals surface area contributed by atoms with Gasteiger partial charge < -0.3 is 5.32 Å². The summed E-state index contributed by atoms with van der Waals surface area (Å²) in [4.78, 5) is 0. The van der Waals surface area contributed by atoms with Crippen molar-refractivity contribution in [3.05, 3.63) is 0 Å². The van der Waals surface area contributed by atoms with Crippen LogP contribution in [0.4, 0.5) is 0 Å². The lowest BCUT2D eigenvalue weighted by Crippen LogP contribution is -2.18. The number of hydrogen-bond acceptors (Lipinski definition) is 1. The zero-order valence-corrected chi connectivity index (χ0v) is 6.15. The van der Waals surface area contributed by atoms with Crippen molar-refractivity contribution >= 4 is 0 Å². The second-order valence-corrected chi connectivity index (χ2v) is 2.16. The molecule has 0 aromatic rings. The van der Waals surface area contributed by atoms with Crippen molar-refractivity contribution in [3.8, 4) is 0 Å². The van der Waals surface area contributed by atoms with Gasteiger partial charge in [0, 0.05) is 6.54 Å². The van der Waals surface area contributed by atoms with Gasteiger partial charge in [-0.2, -0.15) is 0 Å². The van der Waals surface area contributed by atoms with Crippen LogP contribution in [-0.2, 0) is 5.11 Å². The molecule has 0 aromatic heterocycles. The lowest BCUT2D eigenvalue weighted by atomic mass is 10.2. The van der Waals surface area contributed by atoms with Gasteiger partial charge in [-0.1, -0.05) is 19.8 Å². The molecule has 0 amide bonds. The molecule has 0 fully saturated rings. The van der Waals surface area contributed by atoms with Gasteiger partial charge in [-0.15, -0.1) is 0 Å². The molecule has 2 heteroatoms. The molecule has 2 nitrogen and oxygen atoms in total. The maximum atomic E-state index is 9.90. The van der Waals surface area contributed by atoms with E-state index >= 15 is 0 Å². The maximum absolute atomic E-state index is 9.90. The van der Waals surface area contributed by atoms with Crippen LogP contribution in [0.5, 0.6) is 0 Å². The van der Waals surface area contributed by atoms with E-state index in [4.69, 9.17) is 0 Å². The fourth-order valence-electron chi connectivity index (χ4n) is 0.697. The van der Waals surface area contributed by atoms with Crippen LogP contribution in [0, 0.1) is 0 Å². The van der Waals surface area contributed by atoms with Gasteiger partial charge in [0.25, 0.3) is 0 Å². The third-order valence-electron chi connectivity index (χ3n) is 1.24. The summed E-state index contributed by atoms with van der Waals surface area (Å²) in [5.74, 6) is 0. The van der Waals surface area contributed by atoms with Crippen LogP contribution < -0.4 is 5.32 Å². The molecule has 0 saturated carbocycles. The highest BCUT2D eigenvalue weighted by Crippen LogP contribution is 1.90. The second-order valence-electron chi connectivity index (χ2n) is 2.16. The van der Waals surface area contributed by atoms with E-state index in [-0.39, 0.29) is 6.61 Å². The first-order valence-corrected chi connectivity index (χ1v) is 3.70. The van der Waals surface area contributed by atoms with Crippen LogP contribution in [-0.4, -0.2) is 19.7 Å². The highest BCUT2D eigenvalue weighted by atomic mass is 16.3. The van der Waals surface area contributed by atoms with Gasteiger partial charge in [0.1, 0.15) is 0 Å². The molecule has 0 unspecified atom stereocenters. The first-order chi connectivity index (χ1) is 4.41. The van der Waals surface area contributed by atoms with Crippen molar-refractivity contribution in [2.24, 2.45) is 0 Å². The zero-order valence-electron chi connectivity index (χ0n) is 6.15. The Bertz CT molecular complexity index is 42.2. The molecule has 0 aliphatic rings. The minimum atomic E-state index is 0.00608. The monoisotopic (exact) mass is 130 g/mol. The highest BCUT2D eigenvalue weighted by Gasteiger charge is 1.84. The van der Waals surface area contributed by atoms with Crippen LogP contribution in [0.1, 0.15) is 26.2 Å². The largest absolute Gasteiger partial charge is 0.314 e. The average Bonchev–Trinajstić information content (AvgIpc) is 1.89. The Labute approximate surface area is 57.3 Å². The molecule has 0 saturated heterocycles. The quantitative estimate of drug-likeness (QED) is 0.538. The van der Waals surface area contributed by atoms with Crippen molar-refractivity contribution in [1.82, 2.24) is 5.32 Å². The van der Waals surface area contributed by atoms with Crippen LogP contribution in [0.25, 0.3) is 0 Å². The van der Waals surface area contributed by atoms with Crippen molar-refractivity contribution in [1.29, 1.82) is 0 Å². The first-order valence-electron chi connectivity index (χ1n) is 3.70. The maximum Gasteiger partial charge on any atom is 0.0946 e. The zero-order chi connectivity index (χ0) is 6.95. The molecule has 0 rings (SSSR count). The van der Waals surface area contributed by atoms with Gasteiger partial charge in [-0.3, -0.25) is 0 Å². The van der Waals surface area contributed by atoms with Gasteiger partial charge >= 0.3 is 0 Å². The van der Waals surface area contributed by atoms with Crippen LogP contribution in [0.3, 0.4) is 0 Å². The lowest BCUT2D eigenvalue weighted by molar-refractivity contribution is 0.194. The predicted molar refractivity (Wildman–Crippen MR) is 37.9 cm³/mol. The van der Waals surface area contributed by atoms with Crippen molar-refractivity contribution < 1.29 is 5.11 Å². The fraction of sp³-hybridized carbons (Fsp3) is 1.00.